The van der Waals surface area contributed by atoms with Gasteiger partial charge in [-0.15, -0.1) is 0 Å². The number of rotatable bonds is 6. The average Bonchev–Trinajstić information content (AvgIpc) is 2.87. The van der Waals surface area contributed by atoms with Gasteiger partial charge < -0.3 is 9.47 Å². The second-order valence-corrected chi connectivity index (χ2v) is 8.47. The molecule has 0 spiro atoms. The molecule has 2 rings (SSSR count). The third kappa shape index (κ3) is 4.76. The molecule has 0 radical (unpaired) electrons. The molecule has 0 bridgehead atoms. The number of Topliss-reactive ketones (excluding diaryl/α,β-unsaturated/α-hetero) is 1. The second kappa shape index (κ2) is 8.38. The van der Waals surface area contributed by atoms with Gasteiger partial charge in [0.25, 0.3) is 0 Å². The van der Waals surface area contributed by atoms with E-state index >= 15 is 0 Å². The number of nitrogens with zero attached hydrogens (tertiary/aromatic N) is 3. The first-order valence-corrected chi connectivity index (χ1v) is 9.88. The lowest BCUT2D eigenvalue weighted by atomic mass is 10.1. The van der Waals surface area contributed by atoms with Gasteiger partial charge in [0.05, 0.1) is 6.54 Å². The monoisotopic (exact) mass is 361 g/mol. The first-order chi connectivity index (χ1) is 12.1. The van der Waals surface area contributed by atoms with E-state index in [0.29, 0.717) is 13.0 Å². The van der Waals surface area contributed by atoms with E-state index in [4.69, 9.17) is 0 Å². The van der Waals surface area contributed by atoms with E-state index in [2.05, 4.69) is 44.1 Å². The molecule has 0 saturated carbocycles. The molecule has 1 amide bonds. The average molecular weight is 362 g/mol. The summed E-state index contributed by atoms with van der Waals surface area (Å²) in [6, 6.07) is 2.02. The van der Waals surface area contributed by atoms with Crippen molar-refractivity contribution in [2.75, 3.05) is 32.7 Å². The minimum Gasteiger partial charge on any atom is -0.343 e. The minimum absolute atomic E-state index is 0.0306. The summed E-state index contributed by atoms with van der Waals surface area (Å²) in [7, 11) is 0. The molecular formula is C21H35N3O2. The molecule has 0 N–H and O–H groups in total. The molecule has 146 valence electrons. The topological polar surface area (TPSA) is 45.6 Å². The number of aromatic nitrogens is 1. The van der Waals surface area contributed by atoms with Crippen LogP contribution in [0, 0.1) is 13.8 Å². The van der Waals surface area contributed by atoms with E-state index in [9.17, 15) is 9.59 Å². The van der Waals surface area contributed by atoms with Crippen molar-refractivity contribution in [3.8, 4) is 0 Å². The zero-order chi connectivity index (χ0) is 19.5. The van der Waals surface area contributed by atoms with Crippen molar-refractivity contribution in [2.24, 2.45) is 0 Å². The van der Waals surface area contributed by atoms with Crippen LogP contribution in [0.2, 0.25) is 0 Å². The van der Waals surface area contributed by atoms with Crippen molar-refractivity contribution in [3.63, 3.8) is 0 Å². The van der Waals surface area contributed by atoms with Crippen LogP contribution in [0.25, 0.3) is 0 Å². The Labute approximate surface area is 158 Å². The minimum atomic E-state index is -0.0306. The van der Waals surface area contributed by atoms with Crippen LogP contribution < -0.4 is 0 Å². The highest BCUT2D eigenvalue weighted by Crippen LogP contribution is 2.25. The van der Waals surface area contributed by atoms with Crippen LogP contribution in [0.1, 0.15) is 68.7 Å². The standard InChI is InChI=1S/C21H35N3O2/c1-7-8-9-20(26)23-12-10-22(11-13-23)15-19(25)18-14-16(2)24(17(18)3)21(4,5)6/h14H,7-13,15H2,1-6H3. The van der Waals surface area contributed by atoms with Gasteiger partial charge in [0.2, 0.25) is 5.91 Å². The van der Waals surface area contributed by atoms with Crippen LogP contribution in [-0.4, -0.2) is 58.8 Å². The molecule has 0 aromatic carbocycles. The van der Waals surface area contributed by atoms with Gasteiger partial charge in [-0.1, -0.05) is 13.3 Å². The number of hydrogen-bond acceptors (Lipinski definition) is 3. The van der Waals surface area contributed by atoms with E-state index in [-0.39, 0.29) is 17.2 Å². The number of hydrogen-bond donors (Lipinski definition) is 0. The fourth-order valence-electron chi connectivity index (χ4n) is 4.01. The molecule has 0 unspecified atom stereocenters. The van der Waals surface area contributed by atoms with Crippen LogP contribution in [0.15, 0.2) is 6.07 Å². The molecule has 5 heteroatoms. The summed E-state index contributed by atoms with van der Waals surface area (Å²) in [6.07, 6.45) is 2.66. The fourth-order valence-corrected chi connectivity index (χ4v) is 4.01. The Morgan fingerprint density at radius 2 is 1.69 bits per heavy atom. The van der Waals surface area contributed by atoms with Gasteiger partial charge in [0.1, 0.15) is 0 Å². The Hall–Kier alpha value is -1.62. The van der Waals surface area contributed by atoms with E-state index < -0.39 is 0 Å². The normalized spacial score (nSPS) is 16.2. The largest absolute Gasteiger partial charge is 0.343 e. The summed E-state index contributed by atoms with van der Waals surface area (Å²) in [5.41, 5.74) is 2.98. The predicted octanol–water partition coefficient (Wildman–Crippen LogP) is 3.38. The maximum atomic E-state index is 12.8. The Balaban J connectivity index is 1.95. The molecule has 1 aliphatic rings. The summed E-state index contributed by atoms with van der Waals surface area (Å²) in [5.74, 6) is 0.436. The number of aryl methyl sites for hydroxylation is 1. The lowest BCUT2D eigenvalue weighted by Gasteiger charge is -2.34. The third-order valence-corrected chi connectivity index (χ3v) is 5.24. The van der Waals surface area contributed by atoms with Crippen LogP contribution in [-0.2, 0) is 10.3 Å². The molecule has 5 nitrogen and oxygen atoms in total. The molecule has 26 heavy (non-hydrogen) atoms. The van der Waals surface area contributed by atoms with Gasteiger partial charge in [-0.05, 0) is 47.1 Å². The van der Waals surface area contributed by atoms with Gasteiger partial charge in [-0.2, -0.15) is 0 Å². The highest BCUT2D eigenvalue weighted by molar-refractivity contribution is 5.99. The summed E-state index contributed by atoms with van der Waals surface area (Å²) in [4.78, 5) is 29.1. The Bertz CT molecular complexity index is 647. The number of ketones is 1. The van der Waals surface area contributed by atoms with E-state index in [0.717, 1.165) is 56.0 Å². The maximum absolute atomic E-state index is 12.8. The van der Waals surface area contributed by atoms with Gasteiger partial charge in [-0.3, -0.25) is 14.5 Å². The van der Waals surface area contributed by atoms with Gasteiger partial charge in [0.15, 0.2) is 5.78 Å². The quantitative estimate of drug-likeness (QED) is 0.730. The number of piperazine rings is 1. The molecule has 2 heterocycles. The maximum Gasteiger partial charge on any atom is 0.222 e. The SMILES string of the molecule is CCCCC(=O)N1CCN(CC(=O)c2cc(C)n(C(C)(C)C)c2C)CC1. The van der Waals surface area contributed by atoms with Crippen LogP contribution >= 0.6 is 0 Å². The lowest BCUT2D eigenvalue weighted by molar-refractivity contribution is -0.132. The van der Waals surface area contributed by atoms with Gasteiger partial charge in [0, 0.05) is 55.1 Å². The van der Waals surface area contributed by atoms with E-state index in [1.54, 1.807) is 0 Å². The Morgan fingerprint density at radius 1 is 1.08 bits per heavy atom. The molecule has 1 aromatic heterocycles. The van der Waals surface area contributed by atoms with Gasteiger partial charge in [-0.25, -0.2) is 0 Å². The molecule has 1 aliphatic heterocycles. The number of unbranched alkanes of at least 4 members (excludes halogenated alkanes) is 1. The number of carbonyl (C=O) groups excluding carboxylic acids is 2. The van der Waals surface area contributed by atoms with Crippen molar-refractivity contribution < 1.29 is 9.59 Å². The lowest BCUT2D eigenvalue weighted by Crippen LogP contribution is -2.49. The zero-order valence-corrected chi connectivity index (χ0v) is 17.4. The first-order valence-electron chi connectivity index (χ1n) is 9.88. The molecule has 0 aliphatic carbocycles. The van der Waals surface area contributed by atoms with Gasteiger partial charge >= 0.3 is 0 Å². The molecule has 1 saturated heterocycles. The van der Waals surface area contributed by atoms with Crippen molar-refractivity contribution in [1.82, 2.24) is 14.4 Å². The number of carbonyl (C=O) groups is 2. The summed E-state index contributed by atoms with van der Waals surface area (Å²) < 4.78 is 2.24. The summed E-state index contributed by atoms with van der Waals surface area (Å²) in [6.45, 7) is 16.2. The Kier molecular flexibility index (Phi) is 6.67. The third-order valence-electron chi connectivity index (χ3n) is 5.24. The van der Waals surface area contributed by atoms with Crippen LogP contribution in [0.5, 0.6) is 0 Å². The molecule has 1 aromatic rings. The number of amides is 1. The van der Waals surface area contributed by atoms with Crippen LogP contribution in [0.4, 0.5) is 0 Å². The van der Waals surface area contributed by atoms with Crippen molar-refractivity contribution in [2.45, 2.75) is 66.3 Å². The molecular weight excluding hydrogens is 326 g/mol. The summed E-state index contributed by atoms with van der Waals surface area (Å²) >= 11 is 0. The zero-order valence-electron chi connectivity index (χ0n) is 17.4. The first kappa shape index (κ1) is 20.7. The highest BCUT2D eigenvalue weighted by atomic mass is 16.2. The molecule has 1 fully saturated rings. The summed E-state index contributed by atoms with van der Waals surface area (Å²) in [5, 5.41) is 0. The molecule has 0 atom stereocenters. The van der Waals surface area contributed by atoms with Crippen molar-refractivity contribution in [1.29, 1.82) is 0 Å². The van der Waals surface area contributed by atoms with E-state index in [1.165, 1.54) is 0 Å². The Morgan fingerprint density at radius 3 is 2.19 bits per heavy atom. The fraction of sp³-hybridized carbons (Fsp3) is 0.714. The van der Waals surface area contributed by atoms with E-state index in [1.807, 2.05) is 17.9 Å². The van der Waals surface area contributed by atoms with Crippen LogP contribution in [0.3, 0.4) is 0 Å². The smallest absolute Gasteiger partial charge is 0.222 e. The van der Waals surface area contributed by atoms with Crippen molar-refractivity contribution in [3.05, 3.63) is 23.0 Å². The predicted molar refractivity (Wildman–Crippen MR) is 106 cm³/mol. The van der Waals surface area contributed by atoms with Crippen molar-refractivity contribution >= 4 is 11.7 Å². The second-order valence-electron chi connectivity index (χ2n) is 8.47. The highest BCUT2D eigenvalue weighted by Gasteiger charge is 2.26.